The fourth-order valence-corrected chi connectivity index (χ4v) is 1.73. The van der Waals surface area contributed by atoms with Crippen LogP contribution in [0.4, 0.5) is 15.9 Å². The van der Waals surface area contributed by atoms with Crippen molar-refractivity contribution < 1.29 is 4.39 Å². The van der Waals surface area contributed by atoms with Gasteiger partial charge in [0.15, 0.2) is 5.82 Å². The van der Waals surface area contributed by atoms with E-state index in [0.717, 1.165) is 10.5 Å². The molecule has 0 amide bonds. The molecule has 0 radical (unpaired) electrons. The second-order valence-corrected chi connectivity index (χ2v) is 5.88. The third kappa shape index (κ3) is 7.60. The molecule has 6 heteroatoms. The Morgan fingerprint density at radius 3 is 2.38 bits per heavy atom. The van der Waals surface area contributed by atoms with Gasteiger partial charge in [-0.1, -0.05) is 38.3 Å². The lowest BCUT2D eigenvalue weighted by Gasteiger charge is -2.03. The van der Waals surface area contributed by atoms with Crippen LogP contribution >= 0.6 is 12.6 Å². The highest BCUT2D eigenvalue weighted by molar-refractivity contribution is 7.84. The molecule has 1 aromatic heterocycles. The van der Waals surface area contributed by atoms with Crippen molar-refractivity contribution in [1.29, 1.82) is 0 Å². The maximum absolute atomic E-state index is 13.9. The Bertz CT molecular complexity index is 803. The van der Waals surface area contributed by atoms with Crippen LogP contribution < -0.4 is 17.2 Å². The monoisotopic (exact) mass is 374 g/mol. The van der Waals surface area contributed by atoms with Gasteiger partial charge in [-0.2, -0.15) is 0 Å². The molecular formula is C20H27FN4S. The lowest BCUT2D eigenvalue weighted by Crippen LogP contribution is -2.03. The molecule has 0 unspecified atom stereocenters. The Labute approximate surface area is 161 Å². The zero-order chi connectivity index (χ0) is 20.3. The van der Waals surface area contributed by atoms with Gasteiger partial charge in [0.1, 0.15) is 5.82 Å². The van der Waals surface area contributed by atoms with E-state index in [1.807, 2.05) is 20.8 Å². The van der Waals surface area contributed by atoms with Crippen LogP contribution in [-0.2, 0) is 6.54 Å². The molecule has 0 spiro atoms. The van der Waals surface area contributed by atoms with Crippen molar-refractivity contribution in [3.05, 3.63) is 64.0 Å². The second kappa shape index (κ2) is 12.0. The fourth-order valence-electron chi connectivity index (χ4n) is 1.73. The summed E-state index contributed by atoms with van der Waals surface area (Å²) in [4.78, 5) is 4.86. The number of nitrogens with two attached hydrogens (primary N) is 3. The van der Waals surface area contributed by atoms with E-state index < -0.39 is 5.82 Å². The molecule has 0 bridgehead atoms. The van der Waals surface area contributed by atoms with Gasteiger partial charge in [0.2, 0.25) is 0 Å². The summed E-state index contributed by atoms with van der Waals surface area (Å²) in [7, 11) is 0. The minimum atomic E-state index is -0.500. The highest BCUT2D eigenvalue weighted by Crippen LogP contribution is 2.18. The Balaban J connectivity index is 0.000000920. The van der Waals surface area contributed by atoms with E-state index in [2.05, 4.69) is 36.0 Å². The van der Waals surface area contributed by atoms with Gasteiger partial charge in [-0.3, -0.25) is 0 Å². The molecule has 0 saturated carbocycles. The molecule has 0 aliphatic rings. The van der Waals surface area contributed by atoms with Crippen molar-refractivity contribution in [2.75, 3.05) is 11.5 Å². The molecule has 1 heterocycles. The number of aryl methyl sites for hydroxylation is 1. The van der Waals surface area contributed by atoms with Gasteiger partial charge >= 0.3 is 0 Å². The highest BCUT2D eigenvalue weighted by Gasteiger charge is 2.06. The van der Waals surface area contributed by atoms with E-state index >= 15 is 0 Å². The summed E-state index contributed by atoms with van der Waals surface area (Å²) in [5.41, 5.74) is 19.2. The topological polar surface area (TPSA) is 90.9 Å². The number of hydrogen-bond donors (Lipinski definition) is 4. The first-order chi connectivity index (χ1) is 12.3. The van der Waals surface area contributed by atoms with Gasteiger partial charge in [0.05, 0.1) is 11.3 Å². The second-order valence-electron chi connectivity index (χ2n) is 5.12. The number of nitrogen functional groups attached to an aromatic ring is 2. The number of nitrogens with zero attached hydrogens (tertiary/aromatic N) is 1. The van der Waals surface area contributed by atoms with Crippen molar-refractivity contribution in [3.63, 3.8) is 0 Å². The first-order valence-electron chi connectivity index (χ1n) is 8.11. The van der Waals surface area contributed by atoms with Gasteiger partial charge in [0, 0.05) is 23.9 Å². The van der Waals surface area contributed by atoms with Crippen molar-refractivity contribution in [2.24, 2.45) is 5.73 Å². The third-order valence-electron chi connectivity index (χ3n) is 2.93. The average molecular weight is 375 g/mol. The van der Waals surface area contributed by atoms with Gasteiger partial charge in [-0.15, -0.1) is 12.6 Å². The molecule has 26 heavy (non-hydrogen) atoms. The standard InChI is InChI=1S/C15H15FN4.C3H6S.C2H6/c1-9-2-5-13(18)14(16)12(9)4-3-10-6-11(7-17)15(19)20-8-10;1-3(2)4;1-2/h2,5-6,8H,7,17-18H2,1H3,(H2,19,20);4H,1H2,2H3;1-2H3. The van der Waals surface area contributed by atoms with Gasteiger partial charge < -0.3 is 17.2 Å². The van der Waals surface area contributed by atoms with Crippen LogP contribution in [0, 0.1) is 24.6 Å². The number of thiol groups is 1. The van der Waals surface area contributed by atoms with E-state index in [4.69, 9.17) is 17.2 Å². The summed E-state index contributed by atoms with van der Waals surface area (Å²) in [6.45, 7) is 11.3. The normalized spacial score (nSPS) is 8.88. The molecule has 0 fully saturated rings. The molecule has 0 atom stereocenters. The summed E-state index contributed by atoms with van der Waals surface area (Å²) >= 11 is 3.77. The molecule has 4 nitrogen and oxygen atoms in total. The van der Waals surface area contributed by atoms with Gasteiger partial charge in [-0.25, -0.2) is 9.37 Å². The average Bonchev–Trinajstić information content (AvgIpc) is 2.61. The smallest absolute Gasteiger partial charge is 0.161 e. The summed E-state index contributed by atoms with van der Waals surface area (Å²) in [5, 5.41) is 0. The Morgan fingerprint density at radius 2 is 1.85 bits per heavy atom. The van der Waals surface area contributed by atoms with Gasteiger partial charge in [0.25, 0.3) is 0 Å². The predicted molar refractivity (Wildman–Crippen MR) is 113 cm³/mol. The zero-order valence-electron chi connectivity index (χ0n) is 15.7. The summed E-state index contributed by atoms with van der Waals surface area (Å²) < 4.78 is 13.9. The van der Waals surface area contributed by atoms with Crippen LogP contribution in [0.2, 0.25) is 0 Å². The number of pyridine rings is 1. The number of anilines is 2. The number of benzene rings is 1. The lowest BCUT2D eigenvalue weighted by molar-refractivity contribution is 0.628. The van der Waals surface area contributed by atoms with E-state index in [1.165, 1.54) is 12.3 Å². The van der Waals surface area contributed by atoms with Crippen molar-refractivity contribution >= 4 is 24.1 Å². The Hall–Kier alpha value is -2.49. The predicted octanol–water partition coefficient (Wildman–Crippen LogP) is 4.03. The first kappa shape index (κ1) is 23.5. The molecule has 6 N–H and O–H groups in total. The molecule has 2 rings (SSSR count). The summed E-state index contributed by atoms with van der Waals surface area (Å²) in [6, 6.07) is 5.00. The minimum Gasteiger partial charge on any atom is -0.396 e. The molecular weight excluding hydrogens is 347 g/mol. The van der Waals surface area contributed by atoms with Crippen LogP contribution in [-0.4, -0.2) is 4.98 Å². The molecule has 140 valence electrons. The van der Waals surface area contributed by atoms with Crippen LogP contribution in [0.5, 0.6) is 0 Å². The molecule has 0 aliphatic heterocycles. The number of halogens is 1. The Kier molecular flexibility index (Phi) is 10.8. The van der Waals surface area contributed by atoms with E-state index in [0.29, 0.717) is 16.9 Å². The van der Waals surface area contributed by atoms with Crippen LogP contribution in [0.15, 0.2) is 35.9 Å². The Morgan fingerprint density at radius 1 is 1.27 bits per heavy atom. The minimum absolute atomic E-state index is 0.0815. The maximum atomic E-state index is 13.9. The number of aromatic nitrogens is 1. The zero-order valence-corrected chi connectivity index (χ0v) is 16.6. The van der Waals surface area contributed by atoms with Crippen molar-refractivity contribution in [2.45, 2.75) is 34.2 Å². The third-order valence-corrected chi connectivity index (χ3v) is 2.93. The van der Waals surface area contributed by atoms with Crippen LogP contribution in [0.3, 0.4) is 0 Å². The van der Waals surface area contributed by atoms with Crippen LogP contribution in [0.25, 0.3) is 0 Å². The molecule has 1 aromatic carbocycles. The first-order valence-corrected chi connectivity index (χ1v) is 8.56. The summed E-state index contributed by atoms with van der Waals surface area (Å²) in [6.07, 6.45) is 1.53. The quantitative estimate of drug-likeness (QED) is 0.345. The maximum Gasteiger partial charge on any atom is 0.161 e. The SMILES string of the molecule is C=C(C)S.CC.Cc1ccc(N)c(F)c1C#Cc1cnc(N)c(CN)c1. The van der Waals surface area contributed by atoms with Crippen molar-refractivity contribution in [1.82, 2.24) is 4.98 Å². The molecule has 0 aliphatic carbocycles. The number of hydrogen-bond acceptors (Lipinski definition) is 5. The summed E-state index contributed by atoms with van der Waals surface area (Å²) in [5.74, 6) is 5.51. The van der Waals surface area contributed by atoms with Gasteiger partial charge in [-0.05, 0) is 36.4 Å². The van der Waals surface area contributed by atoms with E-state index in [-0.39, 0.29) is 17.8 Å². The highest BCUT2D eigenvalue weighted by atomic mass is 32.1. The lowest BCUT2D eigenvalue weighted by atomic mass is 10.1. The van der Waals surface area contributed by atoms with E-state index in [1.54, 1.807) is 19.1 Å². The largest absolute Gasteiger partial charge is 0.396 e. The number of allylic oxidation sites excluding steroid dienone is 1. The number of rotatable bonds is 1. The molecule has 2 aromatic rings. The molecule has 0 saturated heterocycles. The van der Waals surface area contributed by atoms with Crippen LogP contribution in [0.1, 0.15) is 43.0 Å². The fraction of sp³-hybridized carbons (Fsp3) is 0.250. The van der Waals surface area contributed by atoms with E-state index in [9.17, 15) is 4.39 Å². The van der Waals surface area contributed by atoms with Crippen molar-refractivity contribution in [3.8, 4) is 11.8 Å².